The van der Waals surface area contributed by atoms with Crippen molar-refractivity contribution in [2.75, 3.05) is 10.4 Å². The molecule has 8 nitrogen and oxygen atoms in total. The van der Waals surface area contributed by atoms with Crippen LogP contribution in [-0.4, -0.2) is 20.2 Å². The van der Waals surface area contributed by atoms with Crippen molar-refractivity contribution in [1.82, 2.24) is 9.97 Å². The van der Waals surface area contributed by atoms with E-state index in [1.54, 1.807) is 12.1 Å². The highest BCUT2D eigenvalue weighted by Crippen LogP contribution is 2.40. The molecule has 0 spiro atoms. The summed E-state index contributed by atoms with van der Waals surface area (Å²) in [7, 11) is 0. The molecule has 0 atom stereocenters. The molecule has 0 amide bonds. The third kappa shape index (κ3) is 4.30. The molecule has 0 saturated carbocycles. The van der Waals surface area contributed by atoms with Gasteiger partial charge >= 0.3 is 0 Å². The molecule has 4 aromatic carbocycles. The first-order valence-electron chi connectivity index (χ1n) is 10.9. The molecule has 5 rings (SSSR count). The van der Waals surface area contributed by atoms with Gasteiger partial charge in [0.2, 0.25) is 0 Å². The molecule has 0 unspecified atom stereocenters. The molecule has 5 aromatic rings. The molecule has 0 aliphatic carbocycles. The summed E-state index contributed by atoms with van der Waals surface area (Å²) in [5, 5.41) is 41.2. The number of nitrogens with zero attached hydrogens (tertiary/aromatic N) is 5. The maximum Gasteiger partial charge on any atom is 0.177 e. The Labute approximate surface area is 206 Å². The summed E-state index contributed by atoms with van der Waals surface area (Å²) in [5.74, 6) is -0.219. The van der Waals surface area contributed by atoms with Gasteiger partial charge in [0.1, 0.15) is 23.6 Å². The summed E-state index contributed by atoms with van der Waals surface area (Å²) in [6, 6.07) is 30.8. The lowest BCUT2D eigenvalue weighted by atomic mass is 10.0. The Kier molecular flexibility index (Phi) is 5.76. The van der Waals surface area contributed by atoms with Gasteiger partial charge in [0.25, 0.3) is 0 Å². The van der Waals surface area contributed by atoms with E-state index in [2.05, 4.69) is 15.4 Å². The summed E-state index contributed by atoms with van der Waals surface area (Å²) in [5.41, 5.74) is 7.41. The number of nitriles is 2. The molecule has 1 aromatic heterocycles. The van der Waals surface area contributed by atoms with Crippen LogP contribution in [-0.2, 0) is 0 Å². The van der Waals surface area contributed by atoms with Crippen LogP contribution in [0, 0.1) is 22.7 Å². The van der Waals surface area contributed by atoms with E-state index in [4.69, 9.17) is 0 Å². The van der Waals surface area contributed by atoms with E-state index in [1.165, 1.54) is 18.2 Å². The van der Waals surface area contributed by atoms with Crippen LogP contribution in [0.25, 0.3) is 22.2 Å². The van der Waals surface area contributed by atoms with Crippen molar-refractivity contribution < 1.29 is 10.2 Å². The number of aromatic nitrogens is 2. The van der Waals surface area contributed by atoms with E-state index < -0.39 is 0 Å². The molecule has 172 valence electrons. The predicted molar refractivity (Wildman–Crippen MR) is 136 cm³/mol. The van der Waals surface area contributed by atoms with Crippen molar-refractivity contribution in [3.05, 3.63) is 102 Å². The number of phenols is 2. The summed E-state index contributed by atoms with van der Waals surface area (Å²) in [4.78, 5) is 8.72. The Morgan fingerprint density at radius 2 is 1.25 bits per heavy atom. The Morgan fingerprint density at radius 1 is 0.694 bits per heavy atom. The Morgan fingerprint density at radius 3 is 1.83 bits per heavy atom. The lowest BCUT2D eigenvalue weighted by molar-refractivity contribution is 0.451. The topological polar surface area (TPSA) is 129 Å². The third-order valence-corrected chi connectivity index (χ3v) is 5.48. The van der Waals surface area contributed by atoms with Gasteiger partial charge in [-0.3, -0.25) is 10.4 Å². The molecular weight excluding hydrogens is 452 g/mol. The smallest absolute Gasteiger partial charge is 0.177 e. The zero-order chi connectivity index (χ0) is 25.1. The SMILES string of the molecule is N#Cc1nc2cc(-c3cc(O)cc(O)c3)c(N(Nc3ccccc3)c3ccccc3)cc2nc1C#N. The average molecular weight is 470 g/mol. The number of para-hydroxylation sites is 2. The fourth-order valence-corrected chi connectivity index (χ4v) is 3.90. The highest BCUT2D eigenvalue weighted by molar-refractivity contribution is 5.94. The summed E-state index contributed by atoms with van der Waals surface area (Å²) < 4.78 is 0. The van der Waals surface area contributed by atoms with Crippen LogP contribution < -0.4 is 10.4 Å². The van der Waals surface area contributed by atoms with Gasteiger partial charge in [0.05, 0.1) is 28.1 Å². The fourth-order valence-electron chi connectivity index (χ4n) is 3.90. The number of phenolic OH excluding ortho intramolecular Hbond substituents is 2. The lowest BCUT2D eigenvalue weighted by Crippen LogP contribution is -2.25. The van der Waals surface area contributed by atoms with Crippen molar-refractivity contribution in [2.45, 2.75) is 0 Å². The van der Waals surface area contributed by atoms with Crippen LogP contribution in [0.3, 0.4) is 0 Å². The molecule has 36 heavy (non-hydrogen) atoms. The number of hydrazine groups is 1. The molecule has 0 saturated heterocycles. The molecule has 1 heterocycles. The molecule has 0 aliphatic rings. The Hall–Kier alpha value is -5.60. The van der Waals surface area contributed by atoms with Crippen LogP contribution in [0.15, 0.2) is 91.0 Å². The lowest BCUT2D eigenvalue weighted by Gasteiger charge is -2.29. The van der Waals surface area contributed by atoms with Gasteiger partial charge in [0.15, 0.2) is 11.4 Å². The van der Waals surface area contributed by atoms with Gasteiger partial charge in [-0.2, -0.15) is 10.5 Å². The van der Waals surface area contributed by atoms with E-state index in [0.29, 0.717) is 27.8 Å². The van der Waals surface area contributed by atoms with Crippen LogP contribution in [0.2, 0.25) is 0 Å². The van der Waals surface area contributed by atoms with Crippen molar-refractivity contribution in [3.63, 3.8) is 0 Å². The second kappa shape index (κ2) is 9.34. The molecular formula is C28H18N6O2. The quantitative estimate of drug-likeness (QED) is 0.282. The van der Waals surface area contributed by atoms with E-state index in [-0.39, 0.29) is 22.9 Å². The van der Waals surface area contributed by atoms with Gasteiger partial charge in [-0.05, 0) is 54.1 Å². The minimum Gasteiger partial charge on any atom is -0.508 e. The van der Waals surface area contributed by atoms with Gasteiger partial charge in [-0.1, -0.05) is 36.4 Å². The normalized spacial score (nSPS) is 10.4. The van der Waals surface area contributed by atoms with Gasteiger partial charge < -0.3 is 10.2 Å². The van der Waals surface area contributed by atoms with Crippen LogP contribution in [0.1, 0.15) is 11.4 Å². The first-order valence-corrected chi connectivity index (χ1v) is 10.9. The highest BCUT2D eigenvalue weighted by Gasteiger charge is 2.20. The monoisotopic (exact) mass is 470 g/mol. The minimum absolute atomic E-state index is 0.0685. The standard InChI is InChI=1S/C28H18N6O2/c29-16-26-27(17-30)32-25-15-28(23(14-24(25)31-26)18-11-21(35)13-22(36)12-18)34(20-9-5-2-6-10-20)33-19-7-3-1-4-8-19/h1-15,33,35-36H. The van der Waals surface area contributed by atoms with Crippen molar-refractivity contribution in [2.24, 2.45) is 0 Å². The molecule has 0 aliphatic heterocycles. The third-order valence-electron chi connectivity index (χ3n) is 5.48. The number of hydrogen-bond acceptors (Lipinski definition) is 8. The summed E-state index contributed by atoms with van der Waals surface area (Å²) in [6.07, 6.45) is 0. The predicted octanol–water partition coefficient (Wildman–Crippen LogP) is 5.62. The van der Waals surface area contributed by atoms with Gasteiger partial charge in [-0.25, -0.2) is 9.97 Å². The fraction of sp³-hybridized carbons (Fsp3) is 0. The molecule has 3 N–H and O–H groups in total. The second-order valence-corrected chi connectivity index (χ2v) is 7.89. The summed E-state index contributed by atoms with van der Waals surface area (Å²) >= 11 is 0. The number of anilines is 3. The Bertz CT molecular complexity index is 1640. The number of aromatic hydroxyl groups is 2. The second-order valence-electron chi connectivity index (χ2n) is 7.89. The maximum atomic E-state index is 10.2. The number of hydrogen-bond donors (Lipinski definition) is 3. The zero-order valence-corrected chi connectivity index (χ0v) is 18.8. The van der Waals surface area contributed by atoms with Crippen molar-refractivity contribution >= 4 is 28.1 Å². The number of benzene rings is 4. The van der Waals surface area contributed by atoms with E-state index in [1.807, 2.05) is 77.8 Å². The number of nitrogens with one attached hydrogen (secondary N) is 1. The van der Waals surface area contributed by atoms with Crippen molar-refractivity contribution in [1.29, 1.82) is 10.5 Å². The highest BCUT2D eigenvalue weighted by atomic mass is 16.3. The van der Waals surface area contributed by atoms with E-state index in [9.17, 15) is 20.7 Å². The van der Waals surface area contributed by atoms with E-state index in [0.717, 1.165) is 11.4 Å². The number of rotatable bonds is 5. The minimum atomic E-state index is -0.109. The molecule has 0 radical (unpaired) electrons. The van der Waals surface area contributed by atoms with Gasteiger partial charge in [0, 0.05) is 11.6 Å². The van der Waals surface area contributed by atoms with Gasteiger partial charge in [-0.15, -0.1) is 0 Å². The maximum absolute atomic E-state index is 10.2. The van der Waals surface area contributed by atoms with E-state index >= 15 is 0 Å². The Balaban J connectivity index is 1.82. The summed E-state index contributed by atoms with van der Waals surface area (Å²) in [6.45, 7) is 0. The average Bonchev–Trinajstić information content (AvgIpc) is 2.90. The first kappa shape index (κ1) is 22.2. The zero-order valence-electron chi connectivity index (χ0n) is 18.8. The largest absolute Gasteiger partial charge is 0.508 e. The number of fused-ring (bicyclic) bond motifs is 1. The first-order chi connectivity index (χ1) is 17.6. The van der Waals surface area contributed by atoms with Crippen LogP contribution >= 0.6 is 0 Å². The van der Waals surface area contributed by atoms with Crippen LogP contribution in [0.5, 0.6) is 11.5 Å². The molecule has 0 bridgehead atoms. The van der Waals surface area contributed by atoms with Crippen molar-refractivity contribution in [3.8, 4) is 34.8 Å². The molecule has 0 fully saturated rings. The van der Waals surface area contributed by atoms with Crippen LogP contribution in [0.4, 0.5) is 17.1 Å². The molecule has 8 heteroatoms.